The van der Waals surface area contributed by atoms with Gasteiger partial charge in [0.2, 0.25) is 0 Å². The van der Waals surface area contributed by atoms with Gasteiger partial charge < -0.3 is 0 Å². The van der Waals surface area contributed by atoms with Crippen LogP contribution in [0.15, 0.2) is 39.8 Å². The highest BCUT2D eigenvalue weighted by Gasteiger charge is 2.46. The van der Waals surface area contributed by atoms with Crippen molar-refractivity contribution in [2.75, 3.05) is 6.26 Å². The van der Waals surface area contributed by atoms with Crippen LogP contribution in [-0.4, -0.2) is 31.9 Å². The summed E-state index contributed by atoms with van der Waals surface area (Å²) < 4.78 is 64.5. The Morgan fingerprint density at radius 3 is 2.64 bits per heavy atom. The number of aryl methyl sites for hydroxylation is 1. The molecule has 150 valence electrons. The van der Waals surface area contributed by atoms with Gasteiger partial charge >= 0.3 is 6.18 Å². The van der Waals surface area contributed by atoms with Gasteiger partial charge in [0.25, 0.3) is 0 Å². The van der Waals surface area contributed by atoms with Gasteiger partial charge in [0.15, 0.2) is 15.5 Å². The number of allylic oxidation sites excluding steroid dienone is 2. The topological polar surface area (TPSA) is 49.4 Å². The van der Waals surface area contributed by atoms with E-state index in [2.05, 4.69) is 5.43 Å². The second-order valence-electron chi connectivity index (χ2n) is 7.23. The minimum absolute atomic E-state index is 0.168. The zero-order valence-corrected chi connectivity index (χ0v) is 16.9. The van der Waals surface area contributed by atoms with Crippen molar-refractivity contribution in [3.8, 4) is 0 Å². The Labute approximate surface area is 165 Å². The van der Waals surface area contributed by atoms with Crippen molar-refractivity contribution in [3.05, 3.63) is 55.8 Å². The molecule has 1 aliphatic carbocycles. The molecule has 0 spiro atoms. The molecule has 1 aromatic carbocycles. The number of thioether (sulfide) groups is 1. The molecule has 0 fully saturated rings. The number of fused-ring (bicyclic) bond motifs is 2. The molecule has 1 atom stereocenters. The van der Waals surface area contributed by atoms with Gasteiger partial charge in [0.05, 0.1) is 16.6 Å². The first-order valence-electron chi connectivity index (χ1n) is 8.80. The van der Waals surface area contributed by atoms with Gasteiger partial charge in [-0.05, 0) is 36.8 Å². The SMILES string of the molecule is Cc1ccc2c(c1)=CSC1=C(C(F)(F)F)NN(C3CC=C(S(C)(=O)=O)CC3)C=21. The fraction of sp³-hybridized carbons (Fsp3) is 0.368. The predicted octanol–water partition coefficient (Wildman–Crippen LogP) is 2.66. The zero-order valence-electron chi connectivity index (χ0n) is 15.3. The predicted molar refractivity (Wildman–Crippen MR) is 105 cm³/mol. The Balaban J connectivity index is 1.82. The van der Waals surface area contributed by atoms with Crippen LogP contribution < -0.4 is 15.9 Å². The molecule has 0 aromatic heterocycles. The number of hydrazine groups is 1. The van der Waals surface area contributed by atoms with E-state index < -0.39 is 21.7 Å². The van der Waals surface area contributed by atoms with Crippen LogP contribution in [0.1, 0.15) is 24.8 Å². The summed E-state index contributed by atoms with van der Waals surface area (Å²) in [4.78, 5) is 0.529. The Kier molecular flexibility index (Phi) is 4.58. The number of halogens is 3. The first-order chi connectivity index (χ1) is 13.1. The van der Waals surface area contributed by atoms with Crippen molar-refractivity contribution in [2.45, 2.75) is 38.4 Å². The van der Waals surface area contributed by atoms with Crippen molar-refractivity contribution >= 4 is 32.7 Å². The van der Waals surface area contributed by atoms with Crippen LogP contribution in [0.2, 0.25) is 0 Å². The van der Waals surface area contributed by atoms with Crippen LogP contribution in [0.25, 0.3) is 11.1 Å². The number of hydrogen-bond acceptors (Lipinski definition) is 5. The molecular weight excluding hydrogens is 409 g/mol. The number of sulfone groups is 1. The van der Waals surface area contributed by atoms with E-state index in [9.17, 15) is 21.6 Å². The van der Waals surface area contributed by atoms with Gasteiger partial charge in [-0.15, -0.1) is 0 Å². The van der Waals surface area contributed by atoms with Crippen LogP contribution in [0.3, 0.4) is 0 Å². The maximum absolute atomic E-state index is 13.7. The summed E-state index contributed by atoms with van der Waals surface area (Å²) >= 11 is 1.07. The maximum Gasteiger partial charge on any atom is 0.433 e. The molecule has 1 unspecified atom stereocenters. The second-order valence-corrected chi connectivity index (χ2v) is 10.2. The average molecular weight is 429 g/mol. The molecule has 2 heterocycles. The third-order valence-corrected chi connectivity index (χ3v) is 7.48. The highest BCUT2D eigenvalue weighted by molar-refractivity contribution is 8.10. The fourth-order valence-electron chi connectivity index (χ4n) is 3.77. The molecule has 4 nitrogen and oxygen atoms in total. The van der Waals surface area contributed by atoms with Crippen LogP contribution in [0.4, 0.5) is 13.2 Å². The van der Waals surface area contributed by atoms with Gasteiger partial charge in [-0.2, -0.15) is 13.2 Å². The molecule has 0 bridgehead atoms. The van der Waals surface area contributed by atoms with E-state index in [1.807, 2.05) is 25.1 Å². The summed E-state index contributed by atoms with van der Waals surface area (Å²) in [5, 5.41) is 4.98. The van der Waals surface area contributed by atoms with Gasteiger partial charge in [-0.1, -0.05) is 41.6 Å². The molecule has 0 radical (unpaired) electrons. The largest absolute Gasteiger partial charge is 0.433 e. The highest BCUT2D eigenvalue weighted by atomic mass is 32.2. The summed E-state index contributed by atoms with van der Waals surface area (Å²) in [5.74, 6) is 0. The number of alkyl halides is 3. The molecule has 28 heavy (non-hydrogen) atoms. The number of rotatable bonds is 2. The first kappa shape index (κ1) is 19.4. The summed E-state index contributed by atoms with van der Waals surface area (Å²) in [5.41, 5.74) is 3.39. The van der Waals surface area contributed by atoms with Crippen molar-refractivity contribution in [1.82, 2.24) is 10.4 Å². The molecule has 9 heteroatoms. The van der Waals surface area contributed by atoms with E-state index in [4.69, 9.17) is 0 Å². The van der Waals surface area contributed by atoms with Crippen LogP contribution in [0, 0.1) is 6.92 Å². The van der Waals surface area contributed by atoms with E-state index in [1.54, 1.807) is 16.5 Å². The van der Waals surface area contributed by atoms with Gasteiger partial charge in [0.1, 0.15) is 0 Å². The molecule has 3 aliphatic rings. The first-order valence-corrected chi connectivity index (χ1v) is 11.6. The number of hydrogen-bond donors (Lipinski definition) is 1. The Morgan fingerprint density at radius 2 is 2.04 bits per heavy atom. The Bertz CT molecular complexity index is 1130. The van der Waals surface area contributed by atoms with Crippen molar-refractivity contribution < 1.29 is 21.6 Å². The summed E-state index contributed by atoms with van der Waals surface area (Å²) in [6.45, 7) is 1.94. The van der Waals surface area contributed by atoms with Gasteiger partial charge in [0, 0.05) is 16.4 Å². The quantitative estimate of drug-likeness (QED) is 0.785. The lowest BCUT2D eigenvalue weighted by molar-refractivity contribution is -0.101. The summed E-state index contributed by atoms with van der Waals surface area (Å²) in [6.07, 6.45) is -0.548. The molecular formula is C19H19F3N2O2S2. The van der Waals surface area contributed by atoms with Crippen molar-refractivity contribution in [2.24, 2.45) is 0 Å². The van der Waals surface area contributed by atoms with Crippen molar-refractivity contribution in [3.63, 3.8) is 0 Å². The van der Waals surface area contributed by atoms with E-state index in [0.29, 0.717) is 29.9 Å². The normalized spacial score (nSPS) is 22.3. The summed E-state index contributed by atoms with van der Waals surface area (Å²) in [6, 6.07) is 5.44. The fourth-order valence-corrected chi connectivity index (χ4v) is 5.70. The lowest BCUT2D eigenvalue weighted by atomic mass is 10.0. The maximum atomic E-state index is 13.7. The standard InChI is InChI=1S/C19H19F3N2O2S2/c1-11-3-8-15-12(9-11)10-27-17-16(15)24(23-18(17)19(20,21)22)13-4-6-14(7-5-13)28(2,25)26/h3,6,8-10,13,23H,4-5,7H2,1-2H3. The zero-order chi connectivity index (χ0) is 20.3. The molecule has 0 amide bonds. The average Bonchev–Trinajstić information content (AvgIpc) is 3.01. The monoisotopic (exact) mass is 428 g/mol. The number of nitrogens with zero attached hydrogens (tertiary/aromatic N) is 1. The van der Waals surface area contributed by atoms with Gasteiger partial charge in [-0.3, -0.25) is 10.4 Å². The second kappa shape index (κ2) is 6.59. The molecule has 0 saturated heterocycles. The summed E-state index contributed by atoms with van der Waals surface area (Å²) in [7, 11) is -3.27. The lowest BCUT2D eigenvalue weighted by Gasteiger charge is -2.34. The third kappa shape index (κ3) is 3.34. The minimum Gasteiger partial charge on any atom is -0.293 e. The molecule has 2 aliphatic heterocycles. The third-order valence-electron chi connectivity index (χ3n) is 5.15. The molecule has 1 N–H and O–H groups in total. The number of nitrogens with one attached hydrogen (secondary N) is 1. The molecule has 4 rings (SSSR count). The van der Waals surface area contributed by atoms with Crippen molar-refractivity contribution in [1.29, 1.82) is 0 Å². The highest BCUT2D eigenvalue weighted by Crippen LogP contribution is 2.44. The van der Waals surface area contributed by atoms with Crippen LogP contribution in [-0.2, 0) is 9.84 Å². The number of benzene rings is 1. The van der Waals surface area contributed by atoms with E-state index in [0.717, 1.165) is 34.0 Å². The Morgan fingerprint density at radius 1 is 1.29 bits per heavy atom. The Hall–Kier alpha value is -1.87. The lowest BCUT2D eigenvalue weighted by Crippen LogP contribution is -2.46. The minimum atomic E-state index is -4.50. The van der Waals surface area contributed by atoms with E-state index >= 15 is 0 Å². The van der Waals surface area contributed by atoms with E-state index in [1.165, 1.54) is 0 Å². The van der Waals surface area contributed by atoms with Crippen LogP contribution in [0.5, 0.6) is 0 Å². The smallest absolute Gasteiger partial charge is 0.293 e. The molecule has 0 saturated carbocycles. The molecule has 1 aromatic rings. The van der Waals surface area contributed by atoms with E-state index in [-0.39, 0.29) is 10.9 Å². The van der Waals surface area contributed by atoms with Crippen LogP contribution >= 0.6 is 11.8 Å². The van der Waals surface area contributed by atoms with Gasteiger partial charge in [-0.25, -0.2) is 8.42 Å².